The van der Waals surface area contributed by atoms with E-state index in [4.69, 9.17) is 9.73 Å². The molecule has 31 heavy (non-hydrogen) atoms. The van der Waals surface area contributed by atoms with Gasteiger partial charge in [-0.05, 0) is 59.5 Å². The van der Waals surface area contributed by atoms with Gasteiger partial charge in [0.15, 0.2) is 0 Å². The minimum atomic E-state index is -0.158. The number of methoxy groups -OCH3 is 1. The Balaban J connectivity index is 1.55. The van der Waals surface area contributed by atoms with E-state index in [2.05, 4.69) is 5.32 Å². The Labute approximate surface area is 181 Å². The highest BCUT2D eigenvalue weighted by molar-refractivity contribution is 6.07. The first-order valence-corrected chi connectivity index (χ1v) is 10.2. The van der Waals surface area contributed by atoms with E-state index >= 15 is 0 Å². The molecular formula is C26H24N2O3. The topological polar surface area (TPSA) is 70.9 Å². The molecule has 0 atom stereocenters. The van der Waals surface area contributed by atoms with Crippen LogP contribution in [-0.2, 0) is 12.8 Å². The molecule has 1 amide bonds. The van der Waals surface area contributed by atoms with Crippen molar-refractivity contribution >= 4 is 11.7 Å². The van der Waals surface area contributed by atoms with Gasteiger partial charge in [0.05, 0.1) is 7.11 Å². The number of rotatable bonds is 6. The maximum atomic E-state index is 12.6. The predicted molar refractivity (Wildman–Crippen MR) is 121 cm³/mol. The number of amides is 1. The molecule has 5 heteroatoms. The molecule has 0 saturated carbocycles. The lowest BCUT2D eigenvalue weighted by molar-refractivity contribution is 0.0976. The Bertz CT molecular complexity index is 1120. The van der Waals surface area contributed by atoms with E-state index in [0.29, 0.717) is 30.7 Å². The molecule has 3 aromatic carbocycles. The van der Waals surface area contributed by atoms with Crippen LogP contribution in [0, 0.1) is 0 Å². The molecule has 0 radical (unpaired) electrons. The second-order valence-electron chi connectivity index (χ2n) is 7.47. The van der Waals surface area contributed by atoms with E-state index in [-0.39, 0.29) is 11.7 Å². The fourth-order valence-electron chi connectivity index (χ4n) is 3.58. The third-order valence-electron chi connectivity index (χ3n) is 5.24. The zero-order valence-electron chi connectivity index (χ0n) is 17.3. The van der Waals surface area contributed by atoms with Crippen LogP contribution in [0.5, 0.6) is 11.5 Å². The standard InChI is InChI=1S/C26H24N2O3/c1-31-23-13-9-19(10-14-23)16-24-21(15-18-7-11-22(29)12-8-18)17-25(27-24)28-26(30)20-5-3-2-4-6-20/h2-14,29H,15-17H2,1H3,(H,27,28,30). The number of amidine groups is 1. The summed E-state index contributed by atoms with van der Waals surface area (Å²) in [7, 11) is 1.65. The molecule has 0 saturated heterocycles. The second kappa shape index (κ2) is 9.30. The van der Waals surface area contributed by atoms with Gasteiger partial charge in [-0.3, -0.25) is 4.79 Å². The summed E-state index contributed by atoms with van der Waals surface area (Å²) in [6.45, 7) is 0. The van der Waals surface area contributed by atoms with Gasteiger partial charge in [-0.1, -0.05) is 42.5 Å². The normalized spacial score (nSPS) is 13.1. The average molecular weight is 412 g/mol. The molecular weight excluding hydrogens is 388 g/mol. The van der Waals surface area contributed by atoms with Crippen LogP contribution in [0.1, 0.15) is 27.9 Å². The van der Waals surface area contributed by atoms with Crippen molar-refractivity contribution in [2.24, 2.45) is 4.99 Å². The monoisotopic (exact) mass is 412 g/mol. The van der Waals surface area contributed by atoms with Gasteiger partial charge < -0.3 is 15.2 Å². The summed E-state index contributed by atoms with van der Waals surface area (Å²) < 4.78 is 5.24. The van der Waals surface area contributed by atoms with Crippen molar-refractivity contribution in [3.8, 4) is 11.5 Å². The summed E-state index contributed by atoms with van der Waals surface area (Å²) in [6.07, 6.45) is 1.97. The van der Waals surface area contributed by atoms with E-state index in [1.165, 1.54) is 0 Å². The molecule has 0 spiro atoms. The number of aliphatic imine (C=N–C) groups is 1. The average Bonchev–Trinajstić information content (AvgIpc) is 3.16. The Morgan fingerprint density at radius 1 is 0.935 bits per heavy atom. The van der Waals surface area contributed by atoms with Crippen LogP contribution >= 0.6 is 0 Å². The van der Waals surface area contributed by atoms with Crippen LogP contribution in [0.15, 0.2) is 95.1 Å². The number of allylic oxidation sites excluding steroid dienone is 1. The number of benzene rings is 3. The largest absolute Gasteiger partial charge is 0.508 e. The molecule has 4 rings (SSSR count). The first-order valence-electron chi connectivity index (χ1n) is 10.2. The van der Waals surface area contributed by atoms with Crippen molar-refractivity contribution in [3.05, 3.63) is 107 Å². The van der Waals surface area contributed by atoms with Crippen LogP contribution in [0.25, 0.3) is 0 Å². The molecule has 1 heterocycles. The van der Waals surface area contributed by atoms with Crippen LogP contribution in [0.3, 0.4) is 0 Å². The fraction of sp³-hybridized carbons (Fsp3) is 0.154. The number of carbonyl (C=O) groups is 1. The molecule has 0 aromatic heterocycles. The van der Waals surface area contributed by atoms with E-state index in [9.17, 15) is 9.90 Å². The summed E-state index contributed by atoms with van der Waals surface area (Å²) in [5.41, 5.74) is 4.93. The maximum Gasteiger partial charge on any atom is 0.256 e. The van der Waals surface area contributed by atoms with Crippen molar-refractivity contribution in [3.63, 3.8) is 0 Å². The minimum absolute atomic E-state index is 0.158. The van der Waals surface area contributed by atoms with E-state index in [1.807, 2.05) is 54.6 Å². The van der Waals surface area contributed by atoms with Crippen LogP contribution in [0.4, 0.5) is 0 Å². The van der Waals surface area contributed by atoms with E-state index in [1.54, 1.807) is 31.4 Å². The lowest BCUT2D eigenvalue weighted by atomic mass is 9.99. The number of hydrogen-bond donors (Lipinski definition) is 2. The Morgan fingerprint density at radius 2 is 1.58 bits per heavy atom. The molecule has 0 aliphatic carbocycles. The maximum absolute atomic E-state index is 12.6. The quantitative estimate of drug-likeness (QED) is 0.618. The Morgan fingerprint density at radius 3 is 2.26 bits per heavy atom. The van der Waals surface area contributed by atoms with E-state index in [0.717, 1.165) is 28.1 Å². The molecule has 0 bridgehead atoms. The Kier molecular flexibility index (Phi) is 6.13. The summed E-state index contributed by atoms with van der Waals surface area (Å²) in [5, 5.41) is 12.5. The summed E-state index contributed by atoms with van der Waals surface area (Å²) in [4.78, 5) is 17.4. The smallest absolute Gasteiger partial charge is 0.256 e. The van der Waals surface area contributed by atoms with E-state index < -0.39 is 0 Å². The lowest BCUT2D eigenvalue weighted by Gasteiger charge is -2.08. The number of nitrogens with zero attached hydrogens (tertiary/aromatic N) is 1. The fourth-order valence-corrected chi connectivity index (χ4v) is 3.58. The summed E-state index contributed by atoms with van der Waals surface area (Å²) in [5.74, 6) is 1.56. The van der Waals surface area contributed by atoms with Gasteiger partial charge in [0.2, 0.25) is 0 Å². The number of phenols is 1. The summed E-state index contributed by atoms with van der Waals surface area (Å²) in [6, 6.07) is 24.3. The zero-order chi connectivity index (χ0) is 21.6. The van der Waals surface area contributed by atoms with Crippen molar-refractivity contribution in [1.29, 1.82) is 0 Å². The van der Waals surface area contributed by atoms with Gasteiger partial charge in [0.1, 0.15) is 17.3 Å². The first kappa shape index (κ1) is 20.4. The van der Waals surface area contributed by atoms with Crippen molar-refractivity contribution in [1.82, 2.24) is 5.32 Å². The van der Waals surface area contributed by atoms with Gasteiger partial charge in [0.25, 0.3) is 5.91 Å². The zero-order valence-corrected chi connectivity index (χ0v) is 17.3. The lowest BCUT2D eigenvalue weighted by Crippen LogP contribution is -2.29. The first-order chi connectivity index (χ1) is 15.1. The van der Waals surface area contributed by atoms with Gasteiger partial charge in [-0.25, -0.2) is 4.99 Å². The Hall–Kier alpha value is -3.86. The third kappa shape index (κ3) is 5.20. The molecule has 0 unspecified atom stereocenters. The van der Waals surface area contributed by atoms with Gasteiger partial charge >= 0.3 is 0 Å². The molecule has 0 fully saturated rings. The van der Waals surface area contributed by atoms with Crippen LogP contribution < -0.4 is 10.1 Å². The van der Waals surface area contributed by atoms with Crippen molar-refractivity contribution in [2.75, 3.05) is 7.11 Å². The van der Waals surface area contributed by atoms with Crippen LogP contribution in [0.2, 0.25) is 0 Å². The molecule has 1 aliphatic rings. The minimum Gasteiger partial charge on any atom is -0.508 e. The second-order valence-corrected chi connectivity index (χ2v) is 7.47. The number of hydrogen-bond acceptors (Lipinski definition) is 4. The molecule has 156 valence electrons. The highest BCUT2D eigenvalue weighted by atomic mass is 16.5. The third-order valence-corrected chi connectivity index (χ3v) is 5.24. The highest BCUT2D eigenvalue weighted by Crippen LogP contribution is 2.27. The molecule has 1 aliphatic heterocycles. The number of phenolic OH excluding ortho intramolecular Hbond substituents is 1. The predicted octanol–water partition coefficient (Wildman–Crippen LogP) is 4.67. The number of ether oxygens (including phenoxy) is 1. The number of aromatic hydroxyl groups is 1. The SMILES string of the molecule is COc1ccc(CC2=C(Cc3ccc(O)cc3)CC(NC(=O)c3ccccc3)=N2)cc1. The molecule has 3 aromatic rings. The van der Waals surface area contributed by atoms with Gasteiger partial charge in [-0.2, -0.15) is 0 Å². The molecule has 5 nitrogen and oxygen atoms in total. The number of nitrogens with one attached hydrogen (secondary N) is 1. The van der Waals surface area contributed by atoms with Crippen molar-refractivity contribution in [2.45, 2.75) is 19.3 Å². The van der Waals surface area contributed by atoms with Crippen molar-refractivity contribution < 1.29 is 14.6 Å². The summed E-state index contributed by atoms with van der Waals surface area (Å²) >= 11 is 0. The highest BCUT2D eigenvalue weighted by Gasteiger charge is 2.20. The van der Waals surface area contributed by atoms with Gasteiger partial charge in [-0.15, -0.1) is 0 Å². The van der Waals surface area contributed by atoms with Gasteiger partial charge in [0, 0.05) is 24.1 Å². The number of carbonyl (C=O) groups excluding carboxylic acids is 1. The van der Waals surface area contributed by atoms with Crippen LogP contribution in [-0.4, -0.2) is 24.0 Å². The molecule has 2 N–H and O–H groups in total.